The van der Waals surface area contributed by atoms with Gasteiger partial charge in [-0.05, 0) is 44.9 Å². The fourth-order valence-electron chi connectivity index (χ4n) is 3.14. The van der Waals surface area contributed by atoms with Crippen LogP contribution in [-0.4, -0.2) is 20.6 Å². The van der Waals surface area contributed by atoms with Gasteiger partial charge in [0.25, 0.3) is 0 Å². The number of carboxylic acid groups (broad SMARTS) is 1. The quantitative estimate of drug-likeness (QED) is 0.905. The summed E-state index contributed by atoms with van der Waals surface area (Å²) in [7, 11) is 0. The Hall–Kier alpha value is -1.65. The van der Waals surface area contributed by atoms with E-state index in [1.54, 1.807) is 18.4 Å². The van der Waals surface area contributed by atoms with Gasteiger partial charge in [-0.15, -0.1) is 0 Å². The van der Waals surface area contributed by atoms with Crippen LogP contribution in [0.1, 0.15) is 56.5 Å². The number of hydrogen-bond donors (Lipinski definition) is 1. The van der Waals surface area contributed by atoms with Crippen LogP contribution in [0, 0.1) is 25.2 Å². The molecule has 1 aromatic heterocycles. The molecular weight excluding hydrogens is 268 g/mol. The molecule has 1 fully saturated rings. The Morgan fingerprint density at radius 3 is 2.33 bits per heavy atom. The van der Waals surface area contributed by atoms with Crippen molar-refractivity contribution in [2.45, 2.75) is 59.9 Å². The van der Waals surface area contributed by atoms with Crippen LogP contribution in [-0.2, 0) is 11.3 Å². The van der Waals surface area contributed by atoms with E-state index >= 15 is 0 Å². The minimum atomic E-state index is -0.891. The molecule has 1 atom stereocenters. The van der Waals surface area contributed by atoms with E-state index in [9.17, 15) is 14.7 Å². The molecule has 5 nitrogen and oxygen atoms in total. The SMILES string of the molecule is Cc1nc(=O)n(CC2(C(C)C)CC2)c(C)c1C(C)C(=O)O. The minimum absolute atomic E-state index is 0.176. The number of aromatic nitrogens is 2. The molecule has 0 aliphatic heterocycles. The summed E-state index contributed by atoms with van der Waals surface area (Å²) in [6.45, 7) is 10.2. The van der Waals surface area contributed by atoms with Crippen LogP contribution in [0.25, 0.3) is 0 Å². The third-order valence-electron chi connectivity index (χ3n) is 5.07. The zero-order valence-electron chi connectivity index (χ0n) is 13.4. The molecule has 1 saturated carbocycles. The number of carboxylic acids is 1. The average Bonchev–Trinajstić information content (AvgIpc) is 3.15. The number of aliphatic carboxylic acids is 1. The topological polar surface area (TPSA) is 72.2 Å². The van der Waals surface area contributed by atoms with Crippen LogP contribution >= 0.6 is 0 Å². The number of hydrogen-bond acceptors (Lipinski definition) is 3. The van der Waals surface area contributed by atoms with Crippen LogP contribution in [0.5, 0.6) is 0 Å². The van der Waals surface area contributed by atoms with E-state index in [4.69, 9.17) is 0 Å². The predicted octanol–water partition coefficient (Wildman–Crippen LogP) is 2.48. The molecule has 1 aliphatic carbocycles. The Morgan fingerprint density at radius 2 is 1.90 bits per heavy atom. The highest BCUT2D eigenvalue weighted by Gasteiger charge is 2.46. The van der Waals surface area contributed by atoms with Gasteiger partial charge in [0.15, 0.2) is 0 Å². The third-order valence-corrected chi connectivity index (χ3v) is 5.07. The van der Waals surface area contributed by atoms with Crippen molar-refractivity contribution in [3.8, 4) is 0 Å². The molecule has 0 bridgehead atoms. The summed E-state index contributed by atoms with van der Waals surface area (Å²) in [5.41, 5.74) is 1.85. The van der Waals surface area contributed by atoms with Gasteiger partial charge in [-0.3, -0.25) is 9.36 Å². The molecule has 0 radical (unpaired) electrons. The zero-order chi connectivity index (χ0) is 15.9. The van der Waals surface area contributed by atoms with Crippen molar-refractivity contribution in [3.63, 3.8) is 0 Å². The molecule has 0 saturated heterocycles. The standard InChI is InChI=1S/C16H24N2O3/c1-9(2)16(6-7-16)8-18-12(5)13(10(3)14(19)20)11(4)17-15(18)21/h9-10H,6-8H2,1-5H3,(H,19,20). The van der Waals surface area contributed by atoms with Gasteiger partial charge in [0.2, 0.25) is 0 Å². The number of rotatable bonds is 5. The zero-order valence-corrected chi connectivity index (χ0v) is 13.4. The van der Waals surface area contributed by atoms with E-state index in [1.165, 1.54) is 0 Å². The first-order chi connectivity index (χ1) is 9.69. The van der Waals surface area contributed by atoms with Crippen molar-refractivity contribution >= 4 is 5.97 Å². The maximum absolute atomic E-state index is 12.2. The van der Waals surface area contributed by atoms with E-state index in [0.29, 0.717) is 23.7 Å². The largest absolute Gasteiger partial charge is 0.481 e. The molecule has 1 aromatic rings. The van der Waals surface area contributed by atoms with Crippen molar-refractivity contribution < 1.29 is 9.90 Å². The van der Waals surface area contributed by atoms with Gasteiger partial charge >= 0.3 is 11.7 Å². The van der Waals surface area contributed by atoms with Gasteiger partial charge in [0.05, 0.1) is 5.92 Å². The van der Waals surface area contributed by atoms with Crippen LogP contribution < -0.4 is 5.69 Å². The molecule has 21 heavy (non-hydrogen) atoms. The Bertz CT molecular complexity index is 627. The van der Waals surface area contributed by atoms with E-state index in [1.807, 2.05) is 6.92 Å². The summed E-state index contributed by atoms with van der Waals surface area (Å²) in [6.07, 6.45) is 2.24. The molecule has 1 heterocycles. The fourth-order valence-corrected chi connectivity index (χ4v) is 3.14. The molecule has 1 N–H and O–H groups in total. The van der Waals surface area contributed by atoms with E-state index < -0.39 is 11.9 Å². The summed E-state index contributed by atoms with van der Waals surface area (Å²) in [6, 6.07) is 0. The second kappa shape index (κ2) is 5.28. The Morgan fingerprint density at radius 1 is 1.33 bits per heavy atom. The first kappa shape index (κ1) is 15.7. The third kappa shape index (κ3) is 2.74. The highest BCUT2D eigenvalue weighted by molar-refractivity contribution is 5.76. The average molecular weight is 292 g/mol. The lowest BCUT2D eigenvalue weighted by Crippen LogP contribution is -2.33. The molecule has 0 spiro atoms. The first-order valence-electron chi connectivity index (χ1n) is 7.50. The van der Waals surface area contributed by atoms with Gasteiger partial charge in [-0.25, -0.2) is 4.79 Å². The maximum atomic E-state index is 12.2. The summed E-state index contributed by atoms with van der Waals surface area (Å²) < 4.78 is 1.68. The Labute approximate surface area is 125 Å². The smallest absolute Gasteiger partial charge is 0.347 e. The molecule has 1 unspecified atom stereocenters. The van der Waals surface area contributed by atoms with Gasteiger partial charge in [-0.1, -0.05) is 13.8 Å². The number of nitrogens with zero attached hydrogens (tertiary/aromatic N) is 2. The Kier molecular flexibility index (Phi) is 3.95. The van der Waals surface area contributed by atoms with Crippen molar-refractivity contribution in [2.24, 2.45) is 11.3 Å². The normalized spacial score (nSPS) is 17.8. The van der Waals surface area contributed by atoms with E-state index in [2.05, 4.69) is 18.8 Å². The minimum Gasteiger partial charge on any atom is -0.481 e. The van der Waals surface area contributed by atoms with E-state index in [-0.39, 0.29) is 11.1 Å². The van der Waals surface area contributed by atoms with Gasteiger partial charge < -0.3 is 5.11 Å². The van der Waals surface area contributed by atoms with E-state index in [0.717, 1.165) is 18.5 Å². The maximum Gasteiger partial charge on any atom is 0.347 e. The molecule has 0 amide bonds. The molecule has 0 aromatic carbocycles. The molecular formula is C16H24N2O3. The lowest BCUT2D eigenvalue weighted by atomic mass is 9.91. The number of aryl methyl sites for hydroxylation is 1. The molecule has 1 aliphatic rings. The lowest BCUT2D eigenvalue weighted by molar-refractivity contribution is -0.138. The summed E-state index contributed by atoms with van der Waals surface area (Å²) in [5, 5.41) is 9.26. The van der Waals surface area contributed by atoms with Crippen molar-refractivity contribution in [2.75, 3.05) is 0 Å². The van der Waals surface area contributed by atoms with Crippen molar-refractivity contribution in [1.29, 1.82) is 0 Å². The monoisotopic (exact) mass is 292 g/mol. The van der Waals surface area contributed by atoms with Crippen molar-refractivity contribution in [1.82, 2.24) is 9.55 Å². The van der Waals surface area contributed by atoms with Crippen LogP contribution in [0.4, 0.5) is 0 Å². The predicted molar refractivity (Wildman–Crippen MR) is 80.5 cm³/mol. The van der Waals surface area contributed by atoms with Gasteiger partial charge in [0.1, 0.15) is 0 Å². The lowest BCUT2D eigenvalue weighted by Gasteiger charge is -2.24. The summed E-state index contributed by atoms with van der Waals surface area (Å²) >= 11 is 0. The van der Waals surface area contributed by atoms with Crippen molar-refractivity contribution in [3.05, 3.63) is 27.4 Å². The van der Waals surface area contributed by atoms with Crippen LogP contribution in [0.2, 0.25) is 0 Å². The molecule has 116 valence electrons. The second-order valence-corrected chi connectivity index (χ2v) is 6.64. The highest BCUT2D eigenvalue weighted by atomic mass is 16.4. The molecule has 2 rings (SSSR count). The summed E-state index contributed by atoms with van der Waals surface area (Å²) in [5.74, 6) is -1.04. The van der Waals surface area contributed by atoms with Crippen LogP contribution in [0.3, 0.4) is 0 Å². The number of carbonyl (C=O) groups is 1. The van der Waals surface area contributed by atoms with Gasteiger partial charge in [0, 0.05) is 23.5 Å². The fraction of sp³-hybridized carbons (Fsp3) is 0.688. The Balaban J connectivity index is 2.50. The molecule has 5 heteroatoms. The first-order valence-corrected chi connectivity index (χ1v) is 7.50. The second-order valence-electron chi connectivity index (χ2n) is 6.64. The van der Waals surface area contributed by atoms with Crippen LogP contribution in [0.15, 0.2) is 4.79 Å². The summed E-state index contributed by atoms with van der Waals surface area (Å²) in [4.78, 5) is 27.6. The highest BCUT2D eigenvalue weighted by Crippen LogP contribution is 2.53. The van der Waals surface area contributed by atoms with Gasteiger partial charge in [-0.2, -0.15) is 4.98 Å².